The monoisotopic (exact) mass is 968 g/mol. The highest BCUT2D eigenvalue weighted by Crippen LogP contribution is 2.16. The van der Waals surface area contributed by atoms with E-state index in [1.807, 2.05) is 0 Å². The summed E-state index contributed by atoms with van der Waals surface area (Å²) in [7, 11) is 0. The number of amides is 1. The minimum atomic E-state index is -0.667. The standard InChI is InChI=1S/C63H117NO5/c1-3-5-7-9-11-13-15-16-17-27-31-34-37-41-45-49-53-57-63(68)69-58-54-50-46-42-38-35-32-29-26-24-22-20-18-19-21-23-25-28-30-33-36-40-44-48-52-56-62(67)64-60(59-65)61(66)55-51-47-43-39-14-12-10-8-6-4-2/h11,13,16-17,19-22,60-61,65-66H,3-10,12,14-15,18,23-59H2,1-2H3,(H,64,67)/b13-11-,17-16-,21-19-,22-20-. The van der Waals surface area contributed by atoms with Crippen LogP contribution in [0.25, 0.3) is 0 Å². The molecule has 0 aliphatic heterocycles. The molecular weight excluding hydrogens is 851 g/mol. The van der Waals surface area contributed by atoms with E-state index in [0.717, 1.165) is 57.8 Å². The summed E-state index contributed by atoms with van der Waals surface area (Å²) >= 11 is 0. The SMILES string of the molecule is CCCCC/C=C\C/C=C\CCCCCCCCCC(=O)OCCCCCCCCCCC/C=C\C/C=C\CCCCCCCCCCCC(=O)NC(CO)C(O)CCCCCCCCCCCC. The Kier molecular flexibility index (Phi) is 56.5. The second-order valence-electron chi connectivity index (χ2n) is 20.7. The van der Waals surface area contributed by atoms with Gasteiger partial charge in [0, 0.05) is 12.8 Å². The summed E-state index contributed by atoms with van der Waals surface area (Å²) in [5, 5.41) is 23.1. The zero-order valence-electron chi connectivity index (χ0n) is 46.0. The first-order chi connectivity index (χ1) is 34.0. The summed E-state index contributed by atoms with van der Waals surface area (Å²) in [5.41, 5.74) is 0. The molecule has 0 radical (unpaired) electrons. The maximum Gasteiger partial charge on any atom is 0.305 e. The largest absolute Gasteiger partial charge is 0.466 e. The topological polar surface area (TPSA) is 95.9 Å². The molecule has 0 aliphatic carbocycles. The van der Waals surface area contributed by atoms with Gasteiger partial charge in [-0.05, 0) is 89.9 Å². The van der Waals surface area contributed by atoms with Gasteiger partial charge in [-0.15, -0.1) is 0 Å². The van der Waals surface area contributed by atoms with Crippen LogP contribution in [-0.4, -0.2) is 47.4 Å². The fourth-order valence-electron chi connectivity index (χ4n) is 9.17. The van der Waals surface area contributed by atoms with Crippen LogP contribution >= 0.6 is 0 Å². The van der Waals surface area contributed by atoms with Crippen molar-refractivity contribution in [1.82, 2.24) is 5.32 Å². The van der Waals surface area contributed by atoms with Crippen LogP contribution in [0.4, 0.5) is 0 Å². The highest BCUT2D eigenvalue weighted by atomic mass is 16.5. The average Bonchev–Trinajstić information content (AvgIpc) is 3.35. The van der Waals surface area contributed by atoms with Crippen molar-refractivity contribution < 1.29 is 24.5 Å². The van der Waals surface area contributed by atoms with Gasteiger partial charge in [0.1, 0.15) is 0 Å². The van der Waals surface area contributed by atoms with Gasteiger partial charge >= 0.3 is 5.97 Å². The molecule has 0 aromatic carbocycles. The van der Waals surface area contributed by atoms with Crippen LogP contribution < -0.4 is 5.32 Å². The van der Waals surface area contributed by atoms with Gasteiger partial charge in [0.2, 0.25) is 5.91 Å². The van der Waals surface area contributed by atoms with Crippen LogP contribution in [0.15, 0.2) is 48.6 Å². The van der Waals surface area contributed by atoms with Crippen LogP contribution in [0.1, 0.15) is 316 Å². The molecule has 0 bridgehead atoms. The molecule has 0 fully saturated rings. The van der Waals surface area contributed by atoms with Gasteiger partial charge in [-0.25, -0.2) is 0 Å². The van der Waals surface area contributed by atoms with E-state index in [9.17, 15) is 19.8 Å². The second-order valence-corrected chi connectivity index (χ2v) is 20.7. The predicted octanol–water partition coefficient (Wildman–Crippen LogP) is 19.0. The Bertz CT molecular complexity index is 1160. The molecule has 69 heavy (non-hydrogen) atoms. The molecule has 0 saturated carbocycles. The number of rotatable bonds is 56. The third kappa shape index (κ3) is 55.0. The van der Waals surface area contributed by atoms with Crippen molar-refractivity contribution in [1.29, 1.82) is 0 Å². The quantitative estimate of drug-likeness (QED) is 0.0321. The first kappa shape index (κ1) is 66.8. The van der Waals surface area contributed by atoms with Crippen molar-refractivity contribution >= 4 is 11.9 Å². The Morgan fingerprint density at radius 1 is 0.406 bits per heavy atom. The Hall–Kier alpha value is -2.18. The third-order valence-electron chi connectivity index (χ3n) is 13.9. The summed E-state index contributed by atoms with van der Waals surface area (Å²) < 4.78 is 5.48. The minimum Gasteiger partial charge on any atom is -0.466 e. The number of carbonyl (C=O) groups is 2. The van der Waals surface area contributed by atoms with Crippen molar-refractivity contribution in [2.75, 3.05) is 13.2 Å². The molecule has 0 aromatic heterocycles. The van der Waals surface area contributed by atoms with Crippen molar-refractivity contribution in [3.05, 3.63) is 48.6 Å². The number of allylic oxidation sites excluding steroid dienone is 8. The molecule has 404 valence electrons. The van der Waals surface area contributed by atoms with Crippen LogP contribution in [0.3, 0.4) is 0 Å². The van der Waals surface area contributed by atoms with E-state index in [2.05, 4.69) is 67.8 Å². The van der Waals surface area contributed by atoms with E-state index in [-0.39, 0.29) is 18.5 Å². The molecular formula is C63H117NO5. The predicted molar refractivity (Wildman–Crippen MR) is 301 cm³/mol. The first-order valence-corrected chi connectivity index (χ1v) is 30.4. The summed E-state index contributed by atoms with van der Waals surface area (Å²) in [6.07, 6.45) is 74.1. The molecule has 0 rings (SSSR count). The van der Waals surface area contributed by atoms with E-state index in [4.69, 9.17) is 4.74 Å². The maximum atomic E-state index is 12.4. The molecule has 2 unspecified atom stereocenters. The molecule has 6 heteroatoms. The van der Waals surface area contributed by atoms with Crippen LogP contribution in [-0.2, 0) is 14.3 Å². The van der Waals surface area contributed by atoms with Crippen molar-refractivity contribution in [2.24, 2.45) is 0 Å². The van der Waals surface area contributed by atoms with Crippen molar-refractivity contribution in [2.45, 2.75) is 328 Å². The molecule has 0 heterocycles. The Labute approximate surface area is 429 Å². The van der Waals surface area contributed by atoms with E-state index in [1.165, 1.54) is 225 Å². The Morgan fingerprint density at radius 2 is 0.725 bits per heavy atom. The number of esters is 1. The third-order valence-corrected chi connectivity index (χ3v) is 13.9. The number of ether oxygens (including phenoxy) is 1. The molecule has 0 saturated heterocycles. The van der Waals surface area contributed by atoms with Crippen LogP contribution in [0.2, 0.25) is 0 Å². The Balaban J connectivity index is 3.41. The number of aliphatic hydroxyl groups excluding tert-OH is 2. The summed E-state index contributed by atoms with van der Waals surface area (Å²) in [6.45, 7) is 4.91. The van der Waals surface area contributed by atoms with Gasteiger partial charge in [0.25, 0.3) is 0 Å². The summed E-state index contributed by atoms with van der Waals surface area (Å²) in [4.78, 5) is 24.5. The van der Waals surface area contributed by atoms with E-state index >= 15 is 0 Å². The molecule has 3 N–H and O–H groups in total. The fraction of sp³-hybridized carbons (Fsp3) is 0.841. The van der Waals surface area contributed by atoms with Crippen LogP contribution in [0.5, 0.6) is 0 Å². The maximum absolute atomic E-state index is 12.4. The first-order valence-electron chi connectivity index (χ1n) is 30.4. The molecule has 0 aliphatic rings. The Morgan fingerprint density at radius 3 is 1.13 bits per heavy atom. The number of unbranched alkanes of at least 4 members (excludes halogenated alkanes) is 37. The highest BCUT2D eigenvalue weighted by molar-refractivity contribution is 5.76. The average molecular weight is 969 g/mol. The fourth-order valence-corrected chi connectivity index (χ4v) is 9.17. The lowest BCUT2D eigenvalue weighted by Gasteiger charge is -2.22. The lowest BCUT2D eigenvalue weighted by Crippen LogP contribution is -2.45. The van der Waals surface area contributed by atoms with Crippen LogP contribution in [0, 0.1) is 0 Å². The molecule has 6 nitrogen and oxygen atoms in total. The molecule has 1 amide bonds. The number of aliphatic hydroxyl groups is 2. The molecule has 0 spiro atoms. The van der Waals surface area contributed by atoms with Gasteiger partial charge in [0.15, 0.2) is 0 Å². The highest BCUT2D eigenvalue weighted by Gasteiger charge is 2.20. The zero-order chi connectivity index (χ0) is 50.0. The van der Waals surface area contributed by atoms with E-state index in [1.54, 1.807) is 0 Å². The number of nitrogens with one attached hydrogen (secondary N) is 1. The van der Waals surface area contributed by atoms with Crippen molar-refractivity contribution in [3.63, 3.8) is 0 Å². The van der Waals surface area contributed by atoms with Gasteiger partial charge in [-0.3, -0.25) is 9.59 Å². The normalized spacial score (nSPS) is 12.9. The lowest BCUT2D eigenvalue weighted by atomic mass is 10.0. The van der Waals surface area contributed by atoms with Gasteiger partial charge in [-0.1, -0.05) is 262 Å². The number of carbonyl (C=O) groups excluding carboxylic acids is 2. The minimum absolute atomic E-state index is 0.000795. The van der Waals surface area contributed by atoms with Gasteiger partial charge in [0.05, 0.1) is 25.4 Å². The summed E-state index contributed by atoms with van der Waals surface area (Å²) in [6, 6.07) is -0.545. The number of hydrogen-bond donors (Lipinski definition) is 3. The molecule has 2 atom stereocenters. The van der Waals surface area contributed by atoms with E-state index < -0.39 is 12.1 Å². The lowest BCUT2D eigenvalue weighted by molar-refractivity contribution is -0.143. The van der Waals surface area contributed by atoms with E-state index in [0.29, 0.717) is 25.9 Å². The zero-order valence-corrected chi connectivity index (χ0v) is 46.0. The van der Waals surface area contributed by atoms with Gasteiger partial charge < -0.3 is 20.3 Å². The smallest absolute Gasteiger partial charge is 0.305 e. The van der Waals surface area contributed by atoms with Crippen molar-refractivity contribution in [3.8, 4) is 0 Å². The van der Waals surface area contributed by atoms with Gasteiger partial charge in [-0.2, -0.15) is 0 Å². The summed E-state index contributed by atoms with van der Waals surface area (Å²) in [5.74, 6) is -0.0423. The molecule has 0 aromatic rings. The second kappa shape index (κ2) is 58.4. The number of hydrogen-bond acceptors (Lipinski definition) is 5.